The second-order valence-electron chi connectivity index (χ2n) is 4.49. The summed E-state index contributed by atoms with van der Waals surface area (Å²) < 4.78 is 23.6. The third-order valence-corrected chi connectivity index (χ3v) is 3.20. The molecule has 126 valence electrons. The van der Waals surface area contributed by atoms with Crippen LogP contribution in [-0.2, 0) is 14.3 Å². The van der Waals surface area contributed by atoms with Gasteiger partial charge in [0.15, 0.2) is 12.4 Å². The fourth-order valence-electron chi connectivity index (χ4n) is 1.62. The van der Waals surface area contributed by atoms with Crippen molar-refractivity contribution in [1.29, 1.82) is 0 Å². The normalized spacial score (nSPS) is 10.1. The highest BCUT2D eigenvalue weighted by Crippen LogP contribution is 2.19. The number of halogens is 2. The second-order valence-corrected chi connectivity index (χ2v) is 5.41. The molecule has 0 radical (unpaired) electrons. The van der Waals surface area contributed by atoms with Crippen molar-refractivity contribution in [1.82, 2.24) is 5.32 Å². The maximum atomic E-state index is 13.5. The SMILES string of the molecule is O=C(COC(=O)CNC(=O)c1ccco1)Nc1ccc(Br)cc1F. The molecule has 0 aliphatic heterocycles. The van der Waals surface area contributed by atoms with Crippen LogP contribution in [0.3, 0.4) is 0 Å². The second kappa shape index (κ2) is 8.25. The fraction of sp³-hybridized carbons (Fsp3) is 0.133. The van der Waals surface area contributed by atoms with E-state index in [1.54, 1.807) is 6.07 Å². The van der Waals surface area contributed by atoms with Gasteiger partial charge in [-0.3, -0.25) is 14.4 Å². The Morgan fingerprint density at radius 2 is 2.04 bits per heavy atom. The lowest BCUT2D eigenvalue weighted by molar-refractivity contribution is -0.146. The average molecular weight is 399 g/mol. The first-order valence-corrected chi connectivity index (χ1v) is 7.47. The maximum Gasteiger partial charge on any atom is 0.325 e. The summed E-state index contributed by atoms with van der Waals surface area (Å²) in [6.07, 6.45) is 1.32. The van der Waals surface area contributed by atoms with Crippen LogP contribution >= 0.6 is 15.9 Å². The molecule has 0 aliphatic rings. The lowest BCUT2D eigenvalue weighted by Crippen LogP contribution is -2.32. The highest BCUT2D eigenvalue weighted by molar-refractivity contribution is 9.10. The molecule has 2 aromatic rings. The molecular formula is C15H12BrFN2O5. The van der Waals surface area contributed by atoms with Gasteiger partial charge in [-0.2, -0.15) is 0 Å². The van der Waals surface area contributed by atoms with E-state index in [0.29, 0.717) is 4.47 Å². The summed E-state index contributed by atoms with van der Waals surface area (Å²) in [5, 5.41) is 4.54. The van der Waals surface area contributed by atoms with Gasteiger partial charge in [0.2, 0.25) is 0 Å². The first kappa shape index (κ1) is 17.7. The van der Waals surface area contributed by atoms with Crippen LogP contribution in [0.1, 0.15) is 10.6 Å². The minimum Gasteiger partial charge on any atom is -0.459 e. The number of carbonyl (C=O) groups excluding carboxylic acids is 3. The smallest absolute Gasteiger partial charge is 0.325 e. The van der Waals surface area contributed by atoms with E-state index in [2.05, 4.69) is 31.3 Å². The van der Waals surface area contributed by atoms with Gasteiger partial charge in [-0.15, -0.1) is 0 Å². The standard InChI is InChI=1S/C15H12BrFN2O5/c16-9-3-4-11(10(17)6-9)19-13(20)8-24-14(21)7-18-15(22)12-2-1-5-23-12/h1-6H,7-8H2,(H,18,22)(H,19,20). The Bertz CT molecular complexity index is 748. The summed E-state index contributed by atoms with van der Waals surface area (Å²) in [5.41, 5.74) is -0.0367. The van der Waals surface area contributed by atoms with Gasteiger partial charge in [0.05, 0.1) is 12.0 Å². The van der Waals surface area contributed by atoms with Crippen LogP contribution in [0.5, 0.6) is 0 Å². The number of esters is 1. The van der Waals surface area contributed by atoms with Gasteiger partial charge in [-0.1, -0.05) is 15.9 Å². The molecule has 1 heterocycles. The molecule has 7 nitrogen and oxygen atoms in total. The van der Waals surface area contributed by atoms with Crippen molar-refractivity contribution in [2.75, 3.05) is 18.5 Å². The minimum absolute atomic E-state index is 0.0367. The fourth-order valence-corrected chi connectivity index (χ4v) is 1.95. The third kappa shape index (κ3) is 5.20. The molecule has 2 N–H and O–H groups in total. The van der Waals surface area contributed by atoms with E-state index < -0.39 is 36.8 Å². The maximum absolute atomic E-state index is 13.5. The Labute approximate surface area is 144 Å². The van der Waals surface area contributed by atoms with Crippen molar-refractivity contribution >= 4 is 39.4 Å². The van der Waals surface area contributed by atoms with E-state index in [9.17, 15) is 18.8 Å². The number of hydrogen-bond donors (Lipinski definition) is 2. The molecule has 24 heavy (non-hydrogen) atoms. The number of rotatable bonds is 6. The van der Waals surface area contributed by atoms with E-state index >= 15 is 0 Å². The monoisotopic (exact) mass is 398 g/mol. The number of anilines is 1. The van der Waals surface area contributed by atoms with E-state index in [-0.39, 0.29) is 11.4 Å². The van der Waals surface area contributed by atoms with Crippen molar-refractivity contribution in [2.45, 2.75) is 0 Å². The summed E-state index contributed by atoms with van der Waals surface area (Å²) in [7, 11) is 0. The predicted octanol–water partition coefficient (Wildman–Crippen LogP) is 2.09. The van der Waals surface area contributed by atoms with Crippen LogP contribution in [0, 0.1) is 5.82 Å². The largest absolute Gasteiger partial charge is 0.459 e. The first-order chi connectivity index (χ1) is 11.5. The Hall–Kier alpha value is -2.68. The molecular weight excluding hydrogens is 387 g/mol. The Morgan fingerprint density at radius 3 is 2.71 bits per heavy atom. The van der Waals surface area contributed by atoms with Crippen molar-refractivity contribution in [2.24, 2.45) is 0 Å². The zero-order chi connectivity index (χ0) is 17.5. The number of amides is 2. The topological polar surface area (TPSA) is 97.6 Å². The highest BCUT2D eigenvalue weighted by atomic mass is 79.9. The minimum atomic E-state index is -0.818. The van der Waals surface area contributed by atoms with E-state index in [1.807, 2.05) is 0 Å². The number of hydrogen-bond acceptors (Lipinski definition) is 5. The van der Waals surface area contributed by atoms with Gasteiger partial charge < -0.3 is 19.8 Å². The van der Waals surface area contributed by atoms with E-state index in [4.69, 9.17) is 4.42 Å². The van der Waals surface area contributed by atoms with Crippen LogP contribution in [0.2, 0.25) is 0 Å². The zero-order valence-electron chi connectivity index (χ0n) is 12.2. The number of ether oxygens (including phenoxy) is 1. The van der Waals surface area contributed by atoms with Crippen molar-refractivity contribution < 1.29 is 27.9 Å². The van der Waals surface area contributed by atoms with Gasteiger partial charge in [0.1, 0.15) is 12.4 Å². The molecule has 0 saturated heterocycles. The van der Waals surface area contributed by atoms with Crippen molar-refractivity contribution in [3.63, 3.8) is 0 Å². The summed E-state index contributed by atoms with van der Waals surface area (Å²) >= 11 is 3.09. The molecule has 0 atom stereocenters. The van der Waals surface area contributed by atoms with Crippen LogP contribution < -0.4 is 10.6 Å². The van der Waals surface area contributed by atoms with Crippen LogP contribution in [0.15, 0.2) is 45.5 Å². The summed E-state index contributed by atoms with van der Waals surface area (Å²) in [6.45, 7) is -1.04. The quantitative estimate of drug-likeness (QED) is 0.726. The first-order valence-electron chi connectivity index (χ1n) is 6.68. The van der Waals surface area contributed by atoms with Crippen molar-refractivity contribution in [3.05, 3.63) is 52.6 Å². The molecule has 2 amide bonds. The molecule has 0 bridgehead atoms. The van der Waals surface area contributed by atoms with Crippen LogP contribution in [-0.4, -0.2) is 30.9 Å². The van der Waals surface area contributed by atoms with Gasteiger partial charge in [0, 0.05) is 4.47 Å². The van der Waals surface area contributed by atoms with Gasteiger partial charge in [-0.05, 0) is 30.3 Å². The molecule has 2 rings (SSSR count). The lowest BCUT2D eigenvalue weighted by atomic mass is 10.3. The molecule has 0 unspecified atom stereocenters. The molecule has 1 aromatic heterocycles. The van der Waals surface area contributed by atoms with Crippen molar-refractivity contribution in [3.8, 4) is 0 Å². The highest BCUT2D eigenvalue weighted by Gasteiger charge is 2.13. The summed E-state index contributed by atoms with van der Waals surface area (Å²) in [4.78, 5) is 34.6. The number of nitrogens with one attached hydrogen (secondary N) is 2. The van der Waals surface area contributed by atoms with Gasteiger partial charge in [-0.25, -0.2) is 4.39 Å². The van der Waals surface area contributed by atoms with E-state index in [1.165, 1.54) is 30.5 Å². The van der Waals surface area contributed by atoms with Crippen LogP contribution in [0.4, 0.5) is 10.1 Å². The molecule has 0 saturated carbocycles. The number of furan rings is 1. The van der Waals surface area contributed by atoms with E-state index in [0.717, 1.165) is 0 Å². The number of carbonyl (C=O) groups is 3. The Balaban J connectivity index is 1.73. The predicted molar refractivity (Wildman–Crippen MR) is 84.7 cm³/mol. The molecule has 0 fully saturated rings. The lowest BCUT2D eigenvalue weighted by Gasteiger charge is -2.08. The van der Waals surface area contributed by atoms with Gasteiger partial charge >= 0.3 is 5.97 Å². The summed E-state index contributed by atoms with van der Waals surface area (Å²) in [5.74, 6) is -2.69. The molecule has 0 aliphatic carbocycles. The van der Waals surface area contributed by atoms with Gasteiger partial charge in [0.25, 0.3) is 11.8 Å². The third-order valence-electron chi connectivity index (χ3n) is 2.71. The Kier molecular flexibility index (Phi) is 6.07. The molecule has 9 heteroatoms. The molecule has 0 spiro atoms. The average Bonchev–Trinajstić information content (AvgIpc) is 3.08. The number of benzene rings is 1. The molecule has 1 aromatic carbocycles. The summed E-state index contributed by atoms with van der Waals surface area (Å²) in [6, 6.07) is 7.06. The Morgan fingerprint density at radius 1 is 1.25 bits per heavy atom. The van der Waals surface area contributed by atoms with Crippen LogP contribution in [0.25, 0.3) is 0 Å². The zero-order valence-corrected chi connectivity index (χ0v) is 13.8.